The molecule has 8 nitrogen and oxygen atoms in total. The van der Waals surface area contributed by atoms with Crippen LogP contribution in [0.3, 0.4) is 0 Å². The molecule has 2 aromatic rings. The second-order valence-corrected chi connectivity index (χ2v) is 6.51. The van der Waals surface area contributed by atoms with Crippen LogP contribution in [0, 0.1) is 6.92 Å². The normalized spacial score (nSPS) is 11.6. The highest BCUT2D eigenvalue weighted by atomic mass is 35.5. The van der Waals surface area contributed by atoms with Crippen molar-refractivity contribution in [2.75, 3.05) is 13.2 Å². The average Bonchev–Trinajstić information content (AvgIpc) is 2.94. The molecule has 28 heavy (non-hydrogen) atoms. The Kier molecular flexibility index (Phi) is 7.57. The van der Waals surface area contributed by atoms with Gasteiger partial charge in [-0.2, -0.15) is 5.10 Å². The number of benzene rings is 1. The van der Waals surface area contributed by atoms with Crippen molar-refractivity contribution in [2.45, 2.75) is 33.4 Å². The third-order valence-corrected chi connectivity index (χ3v) is 4.28. The zero-order chi connectivity index (χ0) is 20.7. The maximum Gasteiger partial charge on any atom is 0.343 e. The van der Waals surface area contributed by atoms with E-state index in [1.807, 2.05) is 30.3 Å². The smallest absolute Gasteiger partial charge is 0.343 e. The molecule has 0 spiro atoms. The molecule has 2 N–H and O–H groups in total. The summed E-state index contributed by atoms with van der Waals surface area (Å²) in [4.78, 5) is 35.9. The minimum atomic E-state index is -0.748. The molecule has 0 aliphatic carbocycles. The summed E-state index contributed by atoms with van der Waals surface area (Å²) < 4.78 is 6.54. The lowest BCUT2D eigenvalue weighted by atomic mass is 10.2. The number of likely N-dealkylation sites (N-methyl/N-ethyl adjacent to an activating group) is 1. The third-order valence-electron chi connectivity index (χ3n) is 3.90. The lowest BCUT2D eigenvalue weighted by molar-refractivity contribution is -0.130. The Bertz CT molecular complexity index is 851. The molecule has 0 aliphatic heterocycles. The van der Waals surface area contributed by atoms with Gasteiger partial charge in [-0.05, 0) is 26.3 Å². The summed E-state index contributed by atoms with van der Waals surface area (Å²) in [6.07, 6.45) is 0. The fourth-order valence-corrected chi connectivity index (χ4v) is 2.84. The zero-order valence-electron chi connectivity index (χ0n) is 16.0. The second kappa shape index (κ2) is 9.89. The van der Waals surface area contributed by atoms with Crippen LogP contribution in [0.5, 0.6) is 0 Å². The van der Waals surface area contributed by atoms with Crippen LogP contribution >= 0.6 is 11.6 Å². The monoisotopic (exact) mass is 406 g/mol. The average molecular weight is 407 g/mol. The number of esters is 1. The predicted octanol–water partition coefficient (Wildman–Crippen LogP) is 1.69. The Hall–Kier alpha value is -2.87. The van der Waals surface area contributed by atoms with E-state index in [9.17, 15) is 14.4 Å². The van der Waals surface area contributed by atoms with Crippen molar-refractivity contribution in [1.82, 2.24) is 20.4 Å². The number of halogens is 1. The lowest BCUT2D eigenvalue weighted by Gasteiger charge is -2.13. The Morgan fingerprint density at radius 1 is 1.25 bits per heavy atom. The van der Waals surface area contributed by atoms with Gasteiger partial charge >= 0.3 is 5.97 Å². The van der Waals surface area contributed by atoms with Crippen molar-refractivity contribution in [3.8, 4) is 0 Å². The van der Waals surface area contributed by atoms with Gasteiger partial charge in [0.15, 0.2) is 6.61 Å². The first-order valence-electron chi connectivity index (χ1n) is 8.84. The van der Waals surface area contributed by atoms with Gasteiger partial charge in [-0.25, -0.2) is 9.48 Å². The highest BCUT2D eigenvalue weighted by molar-refractivity contribution is 6.32. The van der Waals surface area contributed by atoms with Gasteiger partial charge in [0.25, 0.3) is 5.91 Å². The third kappa shape index (κ3) is 5.56. The summed E-state index contributed by atoms with van der Waals surface area (Å²) in [5.74, 6) is -1.65. The fraction of sp³-hybridized carbons (Fsp3) is 0.368. The van der Waals surface area contributed by atoms with Crippen molar-refractivity contribution in [1.29, 1.82) is 0 Å². The van der Waals surface area contributed by atoms with E-state index < -0.39 is 24.5 Å². The summed E-state index contributed by atoms with van der Waals surface area (Å²) in [6.45, 7) is 5.29. The summed E-state index contributed by atoms with van der Waals surface area (Å²) in [7, 11) is 0. The minimum absolute atomic E-state index is 0.113. The first-order valence-corrected chi connectivity index (χ1v) is 9.22. The van der Waals surface area contributed by atoms with Crippen LogP contribution in [-0.4, -0.2) is 46.8 Å². The summed E-state index contributed by atoms with van der Waals surface area (Å²) in [6, 6.07) is 8.81. The Morgan fingerprint density at radius 3 is 2.57 bits per heavy atom. The van der Waals surface area contributed by atoms with Gasteiger partial charge < -0.3 is 15.4 Å². The number of amides is 2. The molecule has 2 rings (SSSR count). The van der Waals surface area contributed by atoms with Crippen molar-refractivity contribution >= 4 is 29.4 Å². The van der Waals surface area contributed by atoms with Gasteiger partial charge in [0.1, 0.15) is 16.8 Å². The standard InChI is InChI=1S/C19H23ClN4O4/c1-4-21-18(26)13(3)22-15(25)11-28-19(27)16-12(2)23-24(17(16)20)10-14-8-6-5-7-9-14/h5-9,13H,4,10-11H2,1-3H3,(H,21,26)(H,22,25)/t13-/m1/s1. The highest BCUT2D eigenvalue weighted by Gasteiger charge is 2.23. The van der Waals surface area contributed by atoms with Crippen LogP contribution in [0.2, 0.25) is 5.15 Å². The second-order valence-electron chi connectivity index (χ2n) is 6.15. The van der Waals surface area contributed by atoms with E-state index in [4.69, 9.17) is 16.3 Å². The van der Waals surface area contributed by atoms with Crippen molar-refractivity contribution in [3.05, 3.63) is 52.3 Å². The summed E-state index contributed by atoms with van der Waals surface area (Å²) >= 11 is 6.30. The van der Waals surface area contributed by atoms with Gasteiger partial charge in [0.05, 0.1) is 12.2 Å². The first kappa shape index (κ1) is 21.4. The maximum absolute atomic E-state index is 12.4. The number of rotatable bonds is 8. The van der Waals surface area contributed by atoms with Gasteiger partial charge in [-0.15, -0.1) is 0 Å². The number of ether oxygens (including phenoxy) is 1. The van der Waals surface area contributed by atoms with E-state index in [-0.39, 0.29) is 16.6 Å². The van der Waals surface area contributed by atoms with E-state index in [1.165, 1.54) is 4.68 Å². The molecule has 1 aromatic carbocycles. The predicted molar refractivity (Wildman–Crippen MR) is 104 cm³/mol. The number of hydrogen-bond donors (Lipinski definition) is 2. The van der Waals surface area contributed by atoms with Crippen LogP contribution in [0.25, 0.3) is 0 Å². The Balaban J connectivity index is 1.97. The molecular formula is C19H23ClN4O4. The van der Waals surface area contributed by atoms with E-state index in [2.05, 4.69) is 15.7 Å². The minimum Gasteiger partial charge on any atom is -0.452 e. The number of aryl methyl sites for hydroxylation is 1. The van der Waals surface area contributed by atoms with E-state index in [0.29, 0.717) is 18.8 Å². The van der Waals surface area contributed by atoms with Crippen LogP contribution < -0.4 is 10.6 Å². The van der Waals surface area contributed by atoms with Crippen LogP contribution in [0.4, 0.5) is 0 Å². The maximum atomic E-state index is 12.4. The molecule has 0 bridgehead atoms. The molecular weight excluding hydrogens is 384 g/mol. The van der Waals surface area contributed by atoms with E-state index in [0.717, 1.165) is 5.56 Å². The molecule has 0 radical (unpaired) electrons. The molecule has 0 saturated heterocycles. The summed E-state index contributed by atoms with van der Waals surface area (Å²) in [5.41, 5.74) is 1.50. The first-order chi connectivity index (χ1) is 13.3. The number of nitrogens with one attached hydrogen (secondary N) is 2. The molecule has 0 saturated carbocycles. The molecule has 9 heteroatoms. The summed E-state index contributed by atoms with van der Waals surface area (Å²) in [5, 5.41) is 9.46. The SMILES string of the molecule is CCNC(=O)[C@@H](C)NC(=O)COC(=O)c1c(C)nn(Cc2ccccc2)c1Cl. The van der Waals surface area contributed by atoms with Crippen molar-refractivity contribution < 1.29 is 19.1 Å². The molecule has 0 fully saturated rings. The fourth-order valence-electron chi connectivity index (χ4n) is 2.53. The van der Waals surface area contributed by atoms with Crippen LogP contribution in [0.1, 0.15) is 35.5 Å². The van der Waals surface area contributed by atoms with E-state index in [1.54, 1.807) is 20.8 Å². The molecule has 1 heterocycles. The Labute approximate surface area is 168 Å². The molecule has 2 amide bonds. The highest BCUT2D eigenvalue weighted by Crippen LogP contribution is 2.21. The van der Waals surface area contributed by atoms with Crippen LogP contribution in [-0.2, 0) is 20.9 Å². The molecule has 1 atom stereocenters. The van der Waals surface area contributed by atoms with Gasteiger partial charge in [-0.1, -0.05) is 41.9 Å². The number of carbonyl (C=O) groups is 3. The zero-order valence-corrected chi connectivity index (χ0v) is 16.7. The molecule has 0 aliphatic rings. The molecule has 1 aromatic heterocycles. The topological polar surface area (TPSA) is 102 Å². The number of nitrogens with zero attached hydrogens (tertiary/aromatic N) is 2. The quantitative estimate of drug-likeness (QED) is 0.649. The largest absolute Gasteiger partial charge is 0.452 e. The van der Waals surface area contributed by atoms with E-state index >= 15 is 0 Å². The van der Waals surface area contributed by atoms with Gasteiger partial charge in [-0.3, -0.25) is 9.59 Å². The van der Waals surface area contributed by atoms with Crippen molar-refractivity contribution in [3.63, 3.8) is 0 Å². The number of aromatic nitrogens is 2. The van der Waals surface area contributed by atoms with Crippen LogP contribution in [0.15, 0.2) is 30.3 Å². The number of hydrogen-bond acceptors (Lipinski definition) is 5. The van der Waals surface area contributed by atoms with Crippen molar-refractivity contribution in [2.24, 2.45) is 0 Å². The van der Waals surface area contributed by atoms with Gasteiger partial charge in [0, 0.05) is 6.54 Å². The van der Waals surface area contributed by atoms with Gasteiger partial charge in [0.2, 0.25) is 5.91 Å². The lowest BCUT2D eigenvalue weighted by Crippen LogP contribution is -2.46. The molecule has 0 unspecified atom stereocenters. The Morgan fingerprint density at radius 2 is 1.93 bits per heavy atom. The number of carbonyl (C=O) groups excluding carboxylic acids is 3. The molecule has 150 valence electrons.